The fourth-order valence-corrected chi connectivity index (χ4v) is 1.04. The van der Waals surface area contributed by atoms with Gasteiger partial charge in [0.15, 0.2) is 0 Å². The molecule has 62 valence electrons. The summed E-state index contributed by atoms with van der Waals surface area (Å²) in [4.78, 5) is 0. The van der Waals surface area contributed by atoms with Crippen molar-refractivity contribution in [1.82, 2.24) is 0 Å². The fourth-order valence-electron chi connectivity index (χ4n) is 1.04. The second-order valence-corrected chi connectivity index (χ2v) is 2.60. The second kappa shape index (κ2) is 3.72. The zero-order chi connectivity index (χ0) is 8.97. The van der Waals surface area contributed by atoms with Crippen molar-refractivity contribution in [2.75, 3.05) is 5.73 Å². The molecule has 0 unspecified atom stereocenters. The minimum atomic E-state index is 0.651. The largest absolute Gasteiger partial charge is 0.398 e. The molecule has 1 rings (SSSR count). The highest BCUT2D eigenvalue weighted by molar-refractivity contribution is 5.85. The Morgan fingerprint density at radius 2 is 2.25 bits per heavy atom. The van der Waals surface area contributed by atoms with Crippen LogP contribution in [0.5, 0.6) is 0 Å². The lowest BCUT2D eigenvalue weighted by Crippen LogP contribution is -1.94. The predicted molar refractivity (Wildman–Crippen MR) is 52.6 cm³/mol. The number of hydrogen-bond acceptors (Lipinski definition) is 2. The minimum Gasteiger partial charge on any atom is -0.398 e. The molecule has 0 aliphatic heterocycles. The molecule has 0 heterocycles. The van der Waals surface area contributed by atoms with Gasteiger partial charge in [-0.1, -0.05) is 12.1 Å². The molecule has 0 aromatic heterocycles. The van der Waals surface area contributed by atoms with Crippen LogP contribution in [-0.4, -0.2) is 6.21 Å². The normalized spacial score (nSPS) is 9.33. The Bertz CT molecular complexity index is 303. The summed E-state index contributed by atoms with van der Waals surface area (Å²) in [5, 5.41) is 7.08. The molecule has 0 saturated carbocycles. The first-order chi connectivity index (χ1) is 5.77. The lowest BCUT2D eigenvalue weighted by molar-refractivity contribution is 1.27. The zero-order valence-electron chi connectivity index (χ0n) is 6.88. The molecule has 12 heavy (non-hydrogen) atoms. The van der Waals surface area contributed by atoms with Crippen LogP contribution >= 0.6 is 0 Å². The molecule has 0 amide bonds. The van der Waals surface area contributed by atoms with Crippen molar-refractivity contribution in [1.29, 1.82) is 5.41 Å². The van der Waals surface area contributed by atoms with E-state index in [4.69, 9.17) is 11.1 Å². The Labute approximate surface area is 72.2 Å². The summed E-state index contributed by atoms with van der Waals surface area (Å²) in [6, 6.07) is 5.67. The Hall–Kier alpha value is -1.57. The number of allylic oxidation sites excluding steroid dienone is 1. The van der Waals surface area contributed by atoms with E-state index in [-0.39, 0.29) is 0 Å². The number of hydrogen-bond donors (Lipinski definition) is 2. The first-order valence-corrected chi connectivity index (χ1v) is 3.77. The number of nitrogen functional groups attached to an aromatic ring is 1. The molecule has 0 bridgehead atoms. The van der Waals surface area contributed by atoms with Crippen molar-refractivity contribution in [3.8, 4) is 0 Å². The van der Waals surface area contributed by atoms with Crippen molar-refractivity contribution in [3.63, 3.8) is 0 Å². The van der Waals surface area contributed by atoms with Crippen LogP contribution in [0.1, 0.15) is 11.1 Å². The highest BCUT2D eigenvalue weighted by atomic mass is 14.6. The van der Waals surface area contributed by atoms with Crippen LogP contribution in [-0.2, 0) is 6.42 Å². The van der Waals surface area contributed by atoms with Crippen molar-refractivity contribution in [2.24, 2.45) is 0 Å². The van der Waals surface area contributed by atoms with Crippen LogP contribution in [0.2, 0.25) is 0 Å². The third-order valence-electron chi connectivity index (χ3n) is 1.69. The third kappa shape index (κ3) is 1.72. The molecule has 0 fully saturated rings. The van der Waals surface area contributed by atoms with Crippen molar-refractivity contribution in [3.05, 3.63) is 42.0 Å². The summed E-state index contributed by atoms with van der Waals surface area (Å²) in [5.41, 5.74) is 8.18. The van der Waals surface area contributed by atoms with E-state index in [0.717, 1.165) is 17.5 Å². The topological polar surface area (TPSA) is 49.9 Å². The SMILES string of the molecule is C=CCc1ccc(N)c(C=N)c1. The molecular formula is C10H12N2. The Morgan fingerprint density at radius 3 is 2.83 bits per heavy atom. The summed E-state index contributed by atoms with van der Waals surface area (Å²) in [6.07, 6.45) is 3.92. The van der Waals surface area contributed by atoms with Gasteiger partial charge in [0.25, 0.3) is 0 Å². The van der Waals surface area contributed by atoms with E-state index in [0.29, 0.717) is 5.69 Å². The number of anilines is 1. The smallest absolute Gasteiger partial charge is 0.0403 e. The van der Waals surface area contributed by atoms with Gasteiger partial charge in [0.2, 0.25) is 0 Å². The molecule has 0 atom stereocenters. The summed E-state index contributed by atoms with van der Waals surface area (Å²) >= 11 is 0. The van der Waals surface area contributed by atoms with Gasteiger partial charge in [-0.15, -0.1) is 6.58 Å². The first kappa shape index (κ1) is 8.53. The molecule has 0 radical (unpaired) electrons. The average molecular weight is 160 g/mol. The van der Waals surface area contributed by atoms with Gasteiger partial charge in [-0.05, 0) is 24.1 Å². The van der Waals surface area contributed by atoms with Crippen LogP contribution in [0.3, 0.4) is 0 Å². The van der Waals surface area contributed by atoms with Gasteiger partial charge in [-0.2, -0.15) is 0 Å². The number of rotatable bonds is 3. The summed E-state index contributed by atoms with van der Waals surface area (Å²) in [6.45, 7) is 3.65. The Kier molecular flexibility index (Phi) is 2.64. The first-order valence-electron chi connectivity index (χ1n) is 3.77. The monoisotopic (exact) mass is 160 g/mol. The highest BCUT2D eigenvalue weighted by Crippen LogP contribution is 2.12. The van der Waals surface area contributed by atoms with Crippen LogP contribution in [0.15, 0.2) is 30.9 Å². The van der Waals surface area contributed by atoms with Crippen molar-refractivity contribution in [2.45, 2.75) is 6.42 Å². The molecule has 0 aliphatic rings. The highest BCUT2D eigenvalue weighted by Gasteiger charge is 1.96. The minimum absolute atomic E-state index is 0.651. The molecule has 0 spiro atoms. The van der Waals surface area contributed by atoms with E-state index in [1.165, 1.54) is 6.21 Å². The van der Waals surface area contributed by atoms with Gasteiger partial charge in [-0.25, -0.2) is 0 Å². The van der Waals surface area contributed by atoms with E-state index in [1.807, 2.05) is 24.3 Å². The number of nitrogens with two attached hydrogens (primary N) is 1. The average Bonchev–Trinajstić information content (AvgIpc) is 2.09. The van der Waals surface area contributed by atoms with Gasteiger partial charge in [0, 0.05) is 17.5 Å². The molecule has 1 aromatic rings. The summed E-state index contributed by atoms with van der Waals surface area (Å²) in [5.74, 6) is 0. The molecule has 1 aromatic carbocycles. The van der Waals surface area contributed by atoms with Crippen LogP contribution in [0.4, 0.5) is 5.69 Å². The number of nitrogens with one attached hydrogen (secondary N) is 1. The van der Waals surface area contributed by atoms with Gasteiger partial charge >= 0.3 is 0 Å². The van der Waals surface area contributed by atoms with Crippen molar-refractivity contribution >= 4 is 11.9 Å². The van der Waals surface area contributed by atoms with Gasteiger partial charge < -0.3 is 11.1 Å². The molecule has 0 saturated heterocycles. The molecule has 2 nitrogen and oxygen atoms in total. The molecule has 3 N–H and O–H groups in total. The second-order valence-electron chi connectivity index (χ2n) is 2.60. The zero-order valence-corrected chi connectivity index (χ0v) is 6.88. The van der Waals surface area contributed by atoms with Crippen LogP contribution < -0.4 is 5.73 Å². The van der Waals surface area contributed by atoms with E-state index in [1.54, 1.807) is 0 Å². The molecular weight excluding hydrogens is 148 g/mol. The third-order valence-corrected chi connectivity index (χ3v) is 1.69. The van der Waals surface area contributed by atoms with Gasteiger partial charge in [0.1, 0.15) is 0 Å². The Balaban J connectivity index is 3.04. The lowest BCUT2D eigenvalue weighted by Gasteiger charge is -2.01. The van der Waals surface area contributed by atoms with E-state index < -0.39 is 0 Å². The van der Waals surface area contributed by atoms with Gasteiger partial charge in [0.05, 0.1) is 0 Å². The van der Waals surface area contributed by atoms with E-state index in [9.17, 15) is 0 Å². The maximum absolute atomic E-state index is 7.08. The maximum Gasteiger partial charge on any atom is 0.0403 e. The summed E-state index contributed by atoms with van der Waals surface area (Å²) < 4.78 is 0. The standard InChI is InChI=1S/C10H12N2/c1-2-3-8-4-5-10(12)9(6-8)7-11/h2,4-7,11H,1,3,12H2. The van der Waals surface area contributed by atoms with Crippen LogP contribution in [0, 0.1) is 5.41 Å². The molecule has 0 aliphatic carbocycles. The number of benzene rings is 1. The summed E-state index contributed by atoms with van der Waals surface area (Å²) in [7, 11) is 0. The predicted octanol–water partition coefficient (Wildman–Crippen LogP) is 1.99. The quantitative estimate of drug-likeness (QED) is 0.396. The maximum atomic E-state index is 7.08. The fraction of sp³-hybridized carbons (Fsp3) is 0.100. The van der Waals surface area contributed by atoms with E-state index in [2.05, 4.69) is 6.58 Å². The van der Waals surface area contributed by atoms with Crippen LogP contribution in [0.25, 0.3) is 0 Å². The lowest BCUT2D eigenvalue weighted by atomic mass is 10.1. The van der Waals surface area contributed by atoms with E-state index >= 15 is 0 Å². The molecule has 2 heteroatoms. The Morgan fingerprint density at radius 1 is 1.50 bits per heavy atom. The van der Waals surface area contributed by atoms with Crippen molar-refractivity contribution < 1.29 is 0 Å². The van der Waals surface area contributed by atoms with Gasteiger partial charge in [-0.3, -0.25) is 0 Å².